The standard InChI is InChI=1S/C13H12N2O.C3H7N/c1-8-13-11(5-6-14-8)10-4-3-9(16-2)7-12(10)15-13;1-2-4-3-1/h3-7,15H,1-2H3;4H,1-3H2. The summed E-state index contributed by atoms with van der Waals surface area (Å²) in [6, 6.07) is 8.10. The molecule has 0 saturated carbocycles. The number of nitrogens with one attached hydrogen (secondary N) is 2. The molecule has 1 aliphatic rings. The van der Waals surface area contributed by atoms with Crippen LogP contribution in [-0.4, -0.2) is 30.2 Å². The molecule has 0 spiro atoms. The van der Waals surface area contributed by atoms with E-state index in [0.29, 0.717) is 0 Å². The lowest BCUT2D eigenvalue weighted by Gasteiger charge is -2.09. The maximum absolute atomic E-state index is 5.21. The van der Waals surface area contributed by atoms with Gasteiger partial charge in [-0.25, -0.2) is 0 Å². The van der Waals surface area contributed by atoms with Crippen LogP contribution in [0.1, 0.15) is 12.1 Å². The van der Waals surface area contributed by atoms with Gasteiger partial charge in [-0.3, -0.25) is 4.98 Å². The fourth-order valence-electron chi connectivity index (χ4n) is 2.25. The minimum absolute atomic E-state index is 0.865. The summed E-state index contributed by atoms with van der Waals surface area (Å²) in [7, 11) is 1.68. The first-order valence-corrected chi connectivity index (χ1v) is 6.91. The molecule has 2 N–H and O–H groups in total. The van der Waals surface area contributed by atoms with Crippen molar-refractivity contribution >= 4 is 21.8 Å². The summed E-state index contributed by atoms with van der Waals surface area (Å²) in [5.41, 5.74) is 3.21. The fourth-order valence-corrected chi connectivity index (χ4v) is 2.25. The highest BCUT2D eigenvalue weighted by atomic mass is 16.5. The van der Waals surface area contributed by atoms with Crippen LogP contribution in [0.15, 0.2) is 30.5 Å². The van der Waals surface area contributed by atoms with Gasteiger partial charge in [-0.2, -0.15) is 0 Å². The van der Waals surface area contributed by atoms with Crippen LogP contribution in [0.4, 0.5) is 0 Å². The summed E-state index contributed by atoms with van der Waals surface area (Å²) in [6.45, 7) is 4.51. The third-order valence-electron chi connectivity index (χ3n) is 3.62. The lowest BCUT2D eigenvalue weighted by molar-refractivity contribution is 0.415. The summed E-state index contributed by atoms with van der Waals surface area (Å²) in [5, 5.41) is 5.53. The molecule has 4 rings (SSSR count). The van der Waals surface area contributed by atoms with E-state index >= 15 is 0 Å². The van der Waals surface area contributed by atoms with Crippen LogP contribution >= 0.6 is 0 Å². The van der Waals surface area contributed by atoms with Crippen LogP contribution in [0.3, 0.4) is 0 Å². The first-order valence-electron chi connectivity index (χ1n) is 6.91. The molecule has 0 unspecified atom stereocenters. The Labute approximate surface area is 118 Å². The Kier molecular flexibility index (Phi) is 3.56. The smallest absolute Gasteiger partial charge is 0.120 e. The molecule has 3 heterocycles. The lowest BCUT2D eigenvalue weighted by atomic mass is 10.1. The van der Waals surface area contributed by atoms with E-state index in [-0.39, 0.29) is 0 Å². The molecule has 0 bridgehead atoms. The summed E-state index contributed by atoms with van der Waals surface area (Å²) in [6.07, 6.45) is 3.23. The van der Waals surface area contributed by atoms with Gasteiger partial charge in [-0.05, 0) is 44.6 Å². The monoisotopic (exact) mass is 269 g/mol. The Bertz CT molecular complexity index is 725. The molecule has 4 heteroatoms. The van der Waals surface area contributed by atoms with E-state index in [1.807, 2.05) is 31.3 Å². The second kappa shape index (κ2) is 5.51. The predicted molar refractivity (Wildman–Crippen MR) is 82.4 cm³/mol. The first-order chi connectivity index (χ1) is 9.79. The molecule has 2 aromatic heterocycles. The van der Waals surface area contributed by atoms with Crippen molar-refractivity contribution in [2.24, 2.45) is 0 Å². The number of aromatic amines is 1. The zero-order chi connectivity index (χ0) is 13.9. The predicted octanol–water partition coefficient (Wildman–Crippen LogP) is 3.01. The van der Waals surface area contributed by atoms with Gasteiger partial charge in [0, 0.05) is 23.0 Å². The number of benzene rings is 1. The van der Waals surface area contributed by atoms with Crippen molar-refractivity contribution in [3.05, 3.63) is 36.2 Å². The largest absolute Gasteiger partial charge is 0.497 e. The number of H-pyrrole nitrogens is 1. The van der Waals surface area contributed by atoms with Gasteiger partial charge < -0.3 is 15.0 Å². The highest BCUT2D eigenvalue weighted by molar-refractivity contribution is 6.08. The molecule has 1 saturated heterocycles. The number of aromatic nitrogens is 2. The summed E-state index contributed by atoms with van der Waals surface area (Å²) in [5.74, 6) is 0.865. The maximum Gasteiger partial charge on any atom is 0.120 e. The average Bonchev–Trinajstić information content (AvgIpc) is 2.76. The zero-order valence-electron chi connectivity index (χ0n) is 11.9. The fraction of sp³-hybridized carbons (Fsp3) is 0.312. The third-order valence-corrected chi connectivity index (χ3v) is 3.62. The van der Waals surface area contributed by atoms with Gasteiger partial charge in [0.15, 0.2) is 0 Å². The van der Waals surface area contributed by atoms with Crippen molar-refractivity contribution in [3.8, 4) is 5.75 Å². The van der Waals surface area contributed by atoms with Gasteiger partial charge in [-0.15, -0.1) is 0 Å². The quantitative estimate of drug-likeness (QED) is 0.714. The zero-order valence-corrected chi connectivity index (χ0v) is 11.9. The number of fused-ring (bicyclic) bond motifs is 3. The highest BCUT2D eigenvalue weighted by Gasteiger charge is 2.06. The molecule has 1 aromatic carbocycles. The minimum Gasteiger partial charge on any atom is -0.497 e. The molecule has 3 aromatic rings. The Morgan fingerprint density at radius 3 is 2.55 bits per heavy atom. The van der Waals surface area contributed by atoms with Crippen LogP contribution in [0.5, 0.6) is 5.75 Å². The highest BCUT2D eigenvalue weighted by Crippen LogP contribution is 2.28. The number of hydrogen-bond donors (Lipinski definition) is 2. The topological polar surface area (TPSA) is 49.9 Å². The number of hydrogen-bond acceptors (Lipinski definition) is 3. The van der Waals surface area contributed by atoms with Gasteiger partial charge in [0.05, 0.1) is 23.8 Å². The van der Waals surface area contributed by atoms with Gasteiger partial charge in [-0.1, -0.05) is 0 Å². The van der Waals surface area contributed by atoms with Crippen molar-refractivity contribution in [1.82, 2.24) is 15.3 Å². The second-order valence-corrected chi connectivity index (χ2v) is 4.96. The van der Waals surface area contributed by atoms with Crippen molar-refractivity contribution in [3.63, 3.8) is 0 Å². The molecule has 0 atom stereocenters. The Balaban J connectivity index is 0.000000261. The second-order valence-electron chi connectivity index (χ2n) is 4.96. The van der Waals surface area contributed by atoms with Crippen LogP contribution in [0.25, 0.3) is 21.8 Å². The van der Waals surface area contributed by atoms with Crippen LogP contribution in [0, 0.1) is 6.92 Å². The molecular formula is C16H19N3O. The number of methoxy groups -OCH3 is 1. The third kappa shape index (κ3) is 2.34. The summed E-state index contributed by atoms with van der Waals surface area (Å²) >= 11 is 0. The van der Waals surface area contributed by atoms with E-state index < -0.39 is 0 Å². The van der Waals surface area contributed by atoms with Crippen molar-refractivity contribution < 1.29 is 4.74 Å². The minimum atomic E-state index is 0.865. The van der Waals surface area contributed by atoms with E-state index in [4.69, 9.17) is 4.74 Å². The van der Waals surface area contributed by atoms with Crippen molar-refractivity contribution in [2.45, 2.75) is 13.3 Å². The van der Waals surface area contributed by atoms with Crippen LogP contribution < -0.4 is 10.1 Å². The van der Waals surface area contributed by atoms with Gasteiger partial charge >= 0.3 is 0 Å². The molecule has 1 fully saturated rings. The molecule has 104 valence electrons. The van der Waals surface area contributed by atoms with Crippen LogP contribution in [-0.2, 0) is 0 Å². The normalized spacial score (nSPS) is 13.7. The molecule has 0 radical (unpaired) electrons. The van der Waals surface area contributed by atoms with E-state index in [0.717, 1.165) is 22.5 Å². The van der Waals surface area contributed by atoms with Crippen LogP contribution in [0.2, 0.25) is 0 Å². The van der Waals surface area contributed by atoms with E-state index in [2.05, 4.69) is 21.4 Å². The Morgan fingerprint density at radius 1 is 1.15 bits per heavy atom. The van der Waals surface area contributed by atoms with E-state index in [1.165, 1.54) is 30.3 Å². The van der Waals surface area contributed by atoms with E-state index in [9.17, 15) is 0 Å². The average molecular weight is 269 g/mol. The molecule has 20 heavy (non-hydrogen) atoms. The first kappa shape index (κ1) is 12.9. The summed E-state index contributed by atoms with van der Waals surface area (Å²) in [4.78, 5) is 7.66. The van der Waals surface area contributed by atoms with Gasteiger partial charge in [0.1, 0.15) is 5.75 Å². The molecule has 4 nitrogen and oxygen atoms in total. The van der Waals surface area contributed by atoms with E-state index in [1.54, 1.807) is 7.11 Å². The SMILES string of the molecule is C1CNC1.COc1ccc2c(c1)[nH]c1c(C)nccc12. The van der Waals surface area contributed by atoms with Crippen molar-refractivity contribution in [2.75, 3.05) is 20.2 Å². The summed E-state index contributed by atoms with van der Waals surface area (Å²) < 4.78 is 5.21. The molecule has 1 aliphatic heterocycles. The lowest BCUT2D eigenvalue weighted by Crippen LogP contribution is -2.29. The molecule has 0 amide bonds. The number of pyridine rings is 1. The van der Waals surface area contributed by atoms with Gasteiger partial charge in [0.2, 0.25) is 0 Å². The Morgan fingerprint density at radius 2 is 1.90 bits per heavy atom. The van der Waals surface area contributed by atoms with Gasteiger partial charge in [0.25, 0.3) is 0 Å². The number of ether oxygens (including phenoxy) is 1. The number of rotatable bonds is 1. The van der Waals surface area contributed by atoms with Crippen molar-refractivity contribution in [1.29, 1.82) is 0 Å². The number of nitrogens with zero attached hydrogens (tertiary/aromatic N) is 1. The maximum atomic E-state index is 5.21. The molecule has 0 aliphatic carbocycles. The molecular weight excluding hydrogens is 250 g/mol. The number of aryl methyl sites for hydroxylation is 1. The Hall–Kier alpha value is -2.07.